The number of methoxy groups -OCH3 is 2. The molecule has 5 nitrogen and oxygen atoms in total. The molecule has 1 atom stereocenters. The molecule has 1 unspecified atom stereocenters. The van der Waals surface area contributed by atoms with Crippen LogP contribution >= 0.6 is 15.9 Å². The van der Waals surface area contributed by atoms with Gasteiger partial charge in [0.15, 0.2) is 0 Å². The van der Waals surface area contributed by atoms with Crippen LogP contribution in [-0.4, -0.2) is 29.2 Å². The molecule has 0 aliphatic rings. The van der Waals surface area contributed by atoms with Crippen molar-refractivity contribution in [2.24, 2.45) is 0 Å². The molecule has 2 aromatic rings. The third-order valence-electron chi connectivity index (χ3n) is 2.78. The van der Waals surface area contributed by atoms with Crippen LogP contribution in [0.1, 0.15) is 23.0 Å². The molecule has 0 amide bonds. The van der Waals surface area contributed by atoms with Crippen molar-refractivity contribution in [2.45, 2.75) is 18.3 Å². The van der Waals surface area contributed by atoms with E-state index in [0.717, 1.165) is 22.8 Å². The van der Waals surface area contributed by atoms with Crippen molar-refractivity contribution < 1.29 is 9.47 Å². The molecule has 0 saturated heterocycles. The molecule has 1 heterocycles. The maximum absolute atomic E-state index is 5.34. The Labute approximate surface area is 120 Å². The van der Waals surface area contributed by atoms with E-state index in [0.29, 0.717) is 6.54 Å². The highest BCUT2D eigenvalue weighted by Crippen LogP contribution is 2.25. The van der Waals surface area contributed by atoms with Gasteiger partial charge in [-0.3, -0.25) is 0 Å². The summed E-state index contributed by atoms with van der Waals surface area (Å²) in [5, 5.41) is 8.21. The van der Waals surface area contributed by atoms with E-state index >= 15 is 0 Å². The van der Waals surface area contributed by atoms with Gasteiger partial charge < -0.3 is 9.47 Å². The average Bonchev–Trinajstić information content (AvgIpc) is 2.87. The van der Waals surface area contributed by atoms with Gasteiger partial charge in [0.25, 0.3) is 0 Å². The van der Waals surface area contributed by atoms with Gasteiger partial charge in [-0.05, 0) is 25.1 Å². The Morgan fingerprint density at radius 2 is 2.11 bits per heavy atom. The third-order valence-corrected chi connectivity index (χ3v) is 3.25. The number of ether oxygens (including phenoxy) is 2. The van der Waals surface area contributed by atoms with Gasteiger partial charge in [0.1, 0.15) is 11.5 Å². The van der Waals surface area contributed by atoms with Gasteiger partial charge in [0.2, 0.25) is 0 Å². The van der Waals surface area contributed by atoms with Gasteiger partial charge in [-0.2, -0.15) is 0 Å². The minimum Gasteiger partial charge on any atom is -0.497 e. The summed E-state index contributed by atoms with van der Waals surface area (Å²) >= 11 is 3.47. The number of hydrogen-bond acceptors (Lipinski definition) is 4. The summed E-state index contributed by atoms with van der Waals surface area (Å²) in [5.74, 6) is 1.61. The lowest BCUT2D eigenvalue weighted by Crippen LogP contribution is -2.03. The molecule has 0 spiro atoms. The Kier molecular flexibility index (Phi) is 4.42. The van der Waals surface area contributed by atoms with Gasteiger partial charge in [0, 0.05) is 11.8 Å². The molecule has 19 heavy (non-hydrogen) atoms. The van der Waals surface area contributed by atoms with Crippen molar-refractivity contribution in [1.82, 2.24) is 15.0 Å². The lowest BCUT2D eigenvalue weighted by atomic mass is 10.2. The largest absolute Gasteiger partial charge is 0.497 e. The summed E-state index contributed by atoms with van der Waals surface area (Å²) in [6.07, 6.45) is 1.92. The van der Waals surface area contributed by atoms with E-state index in [1.54, 1.807) is 18.9 Å². The zero-order chi connectivity index (χ0) is 13.8. The predicted octanol–water partition coefficient (Wildman–Crippen LogP) is 2.80. The average molecular weight is 326 g/mol. The summed E-state index contributed by atoms with van der Waals surface area (Å²) < 4.78 is 12.4. The second-order valence-electron chi connectivity index (χ2n) is 4.13. The maximum Gasteiger partial charge on any atom is 0.124 e. The van der Waals surface area contributed by atoms with E-state index in [9.17, 15) is 0 Å². The molecular formula is C13H16BrN3O2. The molecule has 0 N–H and O–H groups in total. The zero-order valence-corrected chi connectivity index (χ0v) is 12.7. The van der Waals surface area contributed by atoms with Gasteiger partial charge in [0.05, 0.1) is 31.3 Å². The lowest BCUT2D eigenvalue weighted by Gasteiger charge is -2.10. The highest BCUT2D eigenvalue weighted by molar-refractivity contribution is 9.09. The molecule has 0 aliphatic heterocycles. The van der Waals surface area contributed by atoms with Crippen LogP contribution in [0, 0.1) is 0 Å². The SMILES string of the molecule is COc1ccc(OC)c(Cn2cc(C(C)Br)nn2)c1. The molecular weight excluding hydrogens is 310 g/mol. The van der Waals surface area contributed by atoms with Crippen molar-refractivity contribution in [2.75, 3.05) is 14.2 Å². The van der Waals surface area contributed by atoms with E-state index < -0.39 is 0 Å². The first kappa shape index (κ1) is 13.9. The molecule has 0 fully saturated rings. The van der Waals surface area contributed by atoms with Crippen molar-refractivity contribution in [3.8, 4) is 11.5 Å². The van der Waals surface area contributed by atoms with Crippen LogP contribution in [0.4, 0.5) is 0 Å². The summed E-state index contributed by atoms with van der Waals surface area (Å²) in [4.78, 5) is 0.188. The summed E-state index contributed by atoms with van der Waals surface area (Å²) in [5.41, 5.74) is 1.90. The van der Waals surface area contributed by atoms with Crippen LogP contribution in [0.15, 0.2) is 24.4 Å². The molecule has 0 aliphatic carbocycles. The fourth-order valence-corrected chi connectivity index (χ4v) is 1.96. The van der Waals surface area contributed by atoms with E-state index in [2.05, 4.69) is 26.2 Å². The van der Waals surface area contributed by atoms with Gasteiger partial charge in [-0.15, -0.1) is 5.10 Å². The number of benzene rings is 1. The monoisotopic (exact) mass is 325 g/mol. The number of nitrogens with zero attached hydrogens (tertiary/aromatic N) is 3. The number of halogens is 1. The van der Waals surface area contributed by atoms with Crippen LogP contribution in [0.5, 0.6) is 11.5 Å². The molecule has 2 rings (SSSR count). The van der Waals surface area contributed by atoms with E-state index in [-0.39, 0.29) is 4.83 Å². The number of aromatic nitrogens is 3. The van der Waals surface area contributed by atoms with Crippen LogP contribution in [-0.2, 0) is 6.54 Å². The smallest absolute Gasteiger partial charge is 0.124 e. The number of hydrogen-bond donors (Lipinski definition) is 0. The van der Waals surface area contributed by atoms with E-state index in [4.69, 9.17) is 9.47 Å². The second kappa shape index (κ2) is 6.06. The fraction of sp³-hybridized carbons (Fsp3) is 0.385. The molecule has 0 saturated carbocycles. The molecule has 0 radical (unpaired) electrons. The molecule has 0 bridgehead atoms. The summed E-state index contributed by atoms with van der Waals surface area (Å²) in [6.45, 7) is 2.60. The first-order chi connectivity index (χ1) is 9.13. The van der Waals surface area contributed by atoms with Crippen molar-refractivity contribution in [3.63, 3.8) is 0 Å². The van der Waals surface area contributed by atoms with Gasteiger partial charge >= 0.3 is 0 Å². The first-order valence-electron chi connectivity index (χ1n) is 5.89. The first-order valence-corrected chi connectivity index (χ1v) is 6.80. The van der Waals surface area contributed by atoms with E-state index in [1.807, 2.05) is 31.3 Å². The zero-order valence-electron chi connectivity index (χ0n) is 11.1. The maximum atomic E-state index is 5.34. The Balaban J connectivity index is 2.25. The van der Waals surface area contributed by atoms with Crippen molar-refractivity contribution in [3.05, 3.63) is 35.7 Å². The molecule has 102 valence electrons. The Morgan fingerprint density at radius 3 is 2.68 bits per heavy atom. The van der Waals surface area contributed by atoms with Crippen molar-refractivity contribution >= 4 is 15.9 Å². The number of alkyl halides is 1. The minimum atomic E-state index is 0.188. The fourth-order valence-electron chi connectivity index (χ4n) is 1.75. The standard InChI is InChI=1S/C13H16BrN3O2/c1-9(14)12-8-17(16-15-12)7-10-6-11(18-2)4-5-13(10)19-3/h4-6,8-9H,7H2,1-3H3. The highest BCUT2D eigenvalue weighted by Gasteiger charge is 2.10. The minimum absolute atomic E-state index is 0.188. The van der Waals surface area contributed by atoms with Gasteiger partial charge in [-0.25, -0.2) is 4.68 Å². The quantitative estimate of drug-likeness (QED) is 0.793. The molecule has 1 aromatic heterocycles. The Morgan fingerprint density at radius 1 is 1.32 bits per heavy atom. The van der Waals surface area contributed by atoms with Crippen LogP contribution in [0.2, 0.25) is 0 Å². The topological polar surface area (TPSA) is 49.2 Å². The highest BCUT2D eigenvalue weighted by atomic mass is 79.9. The second-order valence-corrected chi connectivity index (χ2v) is 5.51. The van der Waals surface area contributed by atoms with Crippen LogP contribution < -0.4 is 9.47 Å². The van der Waals surface area contributed by atoms with E-state index in [1.165, 1.54) is 0 Å². The predicted molar refractivity (Wildman–Crippen MR) is 76.0 cm³/mol. The Bertz CT molecular complexity index is 555. The number of rotatable bonds is 5. The van der Waals surface area contributed by atoms with Crippen LogP contribution in [0.25, 0.3) is 0 Å². The normalized spacial score (nSPS) is 12.2. The van der Waals surface area contributed by atoms with Crippen molar-refractivity contribution in [1.29, 1.82) is 0 Å². The molecule has 1 aromatic carbocycles. The summed E-state index contributed by atoms with van der Waals surface area (Å²) in [7, 11) is 3.30. The summed E-state index contributed by atoms with van der Waals surface area (Å²) in [6, 6.07) is 5.70. The third kappa shape index (κ3) is 3.26. The Hall–Kier alpha value is -1.56. The van der Waals surface area contributed by atoms with Crippen LogP contribution in [0.3, 0.4) is 0 Å². The lowest BCUT2D eigenvalue weighted by molar-refractivity contribution is 0.396. The molecule has 6 heteroatoms. The van der Waals surface area contributed by atoms with Gasteiger partial charge in [-0.1, -0.05) is 21.1 Å².